The molecule has 1 unspecified atom stereocenters. The van der Waals surface area contributed by atoms with Crippen molar-refractivity contribution in [1.82, 2.24) is 5.48 Å². The standard InChI is InChI=1S/C11H14N2O6/c12-8(15)3-5(4-9(16)13-19)6-1-2-7(14)11(18)10(6)17/h1-2,5,14,17-19H,3-4H2,(H2,12,15)(H,13,16). The summed E-state index contributed by atoms with van der Waals surface area (Å²) in [4.78, 5) is 22.1. The lowest BCUT2D eigenvalue weighted by Crippen LogP contribution is -2.24. The van der Waals surface area contributed by atoms with E-state index >= 15 is 0 Å². The lowest BCUT2D eigenvalue weighted by molar-refractivity contribution is -0.129. The number of nitrogens with one attached hydrogen (secondary N) is 1. The van der Waals surface area contributed by atoms with Gasteiger partial charge in [-0.1, -0.05) is 6.07 Å². The number of carbonyl (C=O) groups is 2. The topological polar surface area (TPSA) is 153 Å². The van der Waals surface area contributed by atoms with E-state index in [1.54, 1.807) is 0 Å². The van der Waals surface area contributed by atoms with Crippen molar-refractivity contribution in [3.05, 3.63) is 17.7 Å². The monoisotopic (exact) mass is 270 g/mol. The molecule has 0 fully saturated rings. The van der Waals surface area contributed by atoms with Crippen molar-refractivity contribution in [3.8, 4) is 17.2 Å². The van der Waals surface area contributed by atoms with Crippen molar-refractivity contribution >= 4 is 11.8 Å². The van der Waals surface area contributed by atoms with Crippen molar-refractivity contribution in [1.29, 1.82) is 0 Å². The molecule has 2 amide bonds. The first-order valence-electron chi connectivity index (χ1n) is 5.31. The van der Waals surface area contributed by atoms with E-state index in [1.165, 1.54) is 11.5 Å². The minimum Gasteiger partial charge on any atom is -0.504 e. The number of aromatic hydroxyl groups is 3. The molecule has 1 atom stereocenters. The van der Waals surface area contributed by atoms with Crippen LogP contribution in [0.5, 0.6) is 17.2 Å². The van der Waals surface area contributed by atoms with Crippen LogP contribution in [-0.4, -0.2) is 32.3 Å². The Morgan fingerprint density at radius 3 is 2.32 bits per heavy atom. The molecule has 19 heavy (non-hydrogen) atoms. The second-order valence-electron chi connectivity index (χ2n) is 3.98. The molecule has 0 saturated carbocycles. The first-order valence-corrected chi connectivity index (χ1v) is 5.31. The van der Waals surface area contributed by atoms with Crippen molar-refractivity contribution in [2.75, 3.05) is 0 Å². The molecule has 8 nitrogen and oxygen atoms in total. The Kier molecular flexibility index (Phi) is 4.54. The predicted octanol–water partition coefficient (Wildman–Crippen LogP) is -0.342. The van der Waals surface area contributed by atoms with Crippen LogP contribution in [0.3, 0.4) is 0 Å². The molecule has 0 heterocycles. The highest BCUT2D eigenvalue weighted by Crippen LogP contribution is 2.41. The lowest BCUT2D eigenvalue weighted by atomic mass is 9.90. The average molecular weight is 270 g/mol. The molecular weight excluding hydrogens is 256 g/mol. The fourth-order valence-corrected chi connectivity index (χ4v) is 1.72. The zero-order valence-electron chi connectivity index (χ0n) is 9.83. The van der Waals surface area contributed by atoms with Crippen LogP contribution in [0, 0.1) is 0 Å². The minimum atomic E-state index is -0.837. The zero-order chi connectivity index (χ0) is 14.6. The number of nitrogens with two attached hydrogens (primary N) is 1. The van der Waals surface area contributed by atoms with Gasteiger partial charge in [0, 0.05) is 24.3 Å². The molecule has 1 aromatic carbocycles. The summed E-state index contributed by atoms with van der Waals surface area (Å²) in [6.45, 7) is 0. The first-order chi connectivity index (χ1) is 8.86. The number of rotatable bonds is 5. The number of hydrogen-bond acceptors (Lipinski definition) is 6. The summed E-state index contributed by atoms with van der Waals surface area (Å²) in [5, 5.41) is 36.7. The van der Waals surface area contributed by atoms with Gasteiger partial charge in [-0.05, 0) is 6.07 Å². The lowest BCUT2D eigenvalue weighted by Gasteiger charge is -2.17. The molecule has 0 spiro atoms. The van der Waals surface area contributed by atoms with Crippen molar-refractivity contribution in [2.24, 2.45) is 5.73 Å². The quantitative estimate of drug-likeness (QED) is 0.244. The van der Waals surface area contributed by atoms with Crippen LogP contribution in [0.2, 0.25) is 0 Å². The molecule has 0 bridgehead atoms. The van der Waals surface area contributed by atoms with Crippen molar-refractivity contribution < 1.29 is 30.1 Å². The van der Waals surface area contributed by atoms with Crippen LogP contribution < -0.4 is 11.2 Å². The van der Waals surface area contributed by atoms with Gasteiger partial charge in [-0.25, -0.2) is 5.48 Å². The number of phenolic OH excluding ortho intramolecular Hbond substituents is 3. The third kappa shape index (κ3) is 3.49. The van der Waals surface area contributed by atoms with E-state index in [9.17, 15) is 24.9 Å². The predicted molar refractivity (Wildman–Crippen MR) is 62.5 cm³/mol. The van der Waals surface area contributed by atoms with Gasteiger partial charge in [0.1, 0.15) is 0 Å². The average Bonchev–Trinajstić information content (AvgIpc) is 2.34. The smallest absolute Gasteiger partial charge is 0.243 e. The van der Waals surface area contributed by atoms with Gasteiger partial charge >= 0.3 is 0 Å². The summed E-state index contributed by atoms with van der Waals surface area (Å²) in [6, 6.07) is 2.36. The highest BCUT2D eigenvalue weighted by Gasteiger charge is 2.23. The molecule has 0 aromatic heterocycles. The third-order valence-corrected chi connectivity index (χ3v) is 2.61. The molecule has 7 N–H and O–H groups in total. The van der Waals surface area contributed by atoms with Crippen molar-refractivity contribution in [3.63, 3.8) is 0 Å². The van der Waals surface area contributed by atoms with Crippen LogP contribution in [0.1, 0.15) is 24.3 Å². The molecule has 0 aliphatic rings. The van der Waals surface area contributed by atoms with Gasteiger partial charge in [-0.15, -0.1) is 0 Å². The van der Waals surface area contributed by atoms with Gasteiger partial charge in [-0.2, -0.15) is 0 Å². The number of hydrogen-bond donors (Lipinski definition) is 6. The van der Waals surface area contributed by atoms with E-state index < -0.39 is 35.0 Å². The number of primary amides is 1. The molecule has 8 heteroatoms. The molecule has 0 saturated heterocycles. The number of phenols is 3. The number of amides is 2. The summed E-state index contributed by atoms with van der Waals surface area (Å²) in [5.74, 6) is -4.27. The van der Waals surface area contributed by atoms with E-state index in [4.69, 9.17) is 10.9 Å². The van der Waals surface area contributed by atoms with E-state index in [-0.39, 0.29) is 18.4 Å². The van der Waals surface area contributed by atoms with Gasteiger partial charge in [0.25, 0.3) is 0 Å². The molecular formula is C11H14N2O6. The van der Waals surface area contributed by atoms with E-state index in [1.807, 2.05) is 0 Å². The van der Waals surface area contributed by atoms with Crippen LogP contribution in [0.15, 0.2) is 12.1 Å². The SMILES string of the molecule is NC(=O)CC(CC(=O)NO)c1ccc(O)c(O)c1O. The molecule has 104 valence electrons. The Hall–Kier alpha value is -2.48. The second-order valence-corrected chi connectivity index (χ2v) is 3.98. The van der Waals surface area contributed by atoms with Crippen molar-refractivity contribution in [2.45, 2.75) is 18.8 Å². The largest absolute Gasteiger partial charge is 0.504 e. The molecule has 0 radical (unpaired) electrons. The van der Waals surface area contributed by atoms with Gasteiger partial charge in [0.2, 0.25) is 17.6 Å². The van der Waals surface area contributed by atoms with Gasteiger partial charge in [0.15, 0.2) is 11.5 Å². The Morgan fingerprint density at radius 2 is 1.79 bits per heavy atom. The Balaban J connectivity index is 3.13. The maximum atomic E-state index is 11.1. The summed E-state index contributed by atoms with van der Waals surface area (Å²) in [5.41, 5.74) is 6.51. The minimum absolute atomic E-state index is 0.0673. The van der Waals surface area contributed by atoms with Gasteiger partial charge in [-0.3, -0.25) is 14.8 Å². The second kappa shape index (κ2) is 5.91. The van der Waals surface area contributed by atoms with E-state index in [0.29, 0.717) is 0 Å². The van der Waals surface area contributed by atoms with Crippen LogP contribution in [0.4, 0.5) is 0 Å². The Bertz CT molecular complexity index is 502. The van der Waals surface area contributed by atoms with E-state index in [2.05, 4.69) is 0 Å². The number of carbonyl (C=O) groups excluding carboxylic acids is 2. The third-order valence-electron chi connectivity index (χ3n) is 2.61. The maximum absolute atomic E-state index is 11.1. The molecule has 0 aliphatic heterocycles. The fourth-order valence-electron chi connectivity index (χ4n) is 1.72. The Morgan fingerprint density at radius 1 is 1.16 bits per heavy atom. The summed E-state index contributed by atoms with van der Waals surface area (Å²) in [6.07, 6.45) is -0.595. The highest BCUT2D eigenvalue weighted by molar-refractivity contribution is 5.79. The molecule has 1 aromatic rings. The summed E-state index contributed by atoms with van der Waals surface area (Å²) >= 11 is 0. The first kappa shape index (κ1) is 14.6. The normalized spacial score (nSPS) is 11.8. The summed E-state index contributed by atoms with van der Waals surface area (Å²) < 4.78 is 0. The van der Waals surface area contributed by atoms with Gasteiger partial charge < -0.3 is 21.1 Å². The molecule has 0 aliphatic carbocycles. The number of benzene rings is 1. The zero-order valence-corrected chi connectivity index (χ0v) is 9.83. The maximum Gasteiger partial charge on any atom is 0.243 e. The fraction of sp³-hybridized carbons (Fsp3) is 0.273. The van der Waals surface area contributed by atoms with Crippen LogP contribution in [-0.2, 0) is 9.59 Å². The van der Waals surface area contributed by atoms with E-state index in [0.717, 1.165) is 6.07 Å². The van der Waals surface area contributed by atoms with Gasteiger partial charge in [0.05, 0.1) is 0 Å². The van der Waals surface area contributed by atoms with Crippen LogP contribution in [0.25, 0.3) is 0 Å². The summed E-state index contributed by atoms with van der Waals surface area (Å²) in [7, 11) is 0. The Labute approximate surface area is 108 Å². The highest BCUT2D eigenvalue weighted by atomic mass is 16.5. The molecule has 1 rings (SSSR count). The number of hydroxylamine groups is 1. The van der Waals surface area contributed by atoms with Crippen LogP contribution >= 0.6 is 0 Å².